The molecule has 0 aromatic carbocycles. The van der Waals surface area contributed by atoms with Crippen molar-refractivity contribution < 1.29 is 9.90 Å². The number of nitrogens with one attached hydrogen (secondary N) is 1. The Bertz CT molecular complexity index is 659. The maximum atomic E-state index is 11.7. The molecule has 1 fully saturated rings. The Morgan fingerprint density at radius 3 is 2.90 bits per heavy atom. The van der Waals surface area contributed by atoms with Gasteiger partial charge in [-0.3, -0.25) is 4.79 Å². The van der Waals surface area contributed by atoms with Gasteiger partial charge in [0.1, 0.15) is 5.52 Å². The number of hydrogen-bond donors (Lipinski definition) is 2. The Hall–Kier alpha value is -2.11. The van der Waals surface area contributed by atoms with Crippen molar-refractivity contribution in [2.45, 2.75) is 39.0 Å². The molecule has 2 aromatic rings. The molecule has 0 spiro atoms. The highest BCUT2D eigenvalue weighted by Gasteiger charge is 2.39. The number of carboxylic acids is 1. The first-order valence-electron chi connectivity index (χ1n) is 7.39. The van der Waals surface area contributed by atoms with Crippen LogP contribution < -0.4 is 5.32 Å². The van der Waals surface area contributed by atoms with E-state index in [0.717, 1.165) is 43.3 Å². The lowest BCUT2D eigenvalue weighted by Gasteiger charge is -2.33. The van der Waals surface area contributed by atoms with E-state index < -0.39 is 11.4 Å². The highest BCUT2D eigenvalue weighted by Crippen LogP contribution is 2.36. The lowest BCUT2D eigenvalue weighted by atomic mass is 9.74. The van der Waals surface area contributed by atoms with Crippen molar-refractivity contribution in [3.8, 4) is 0 Å². The molecule has 0 radical (unpaired) electrons. The van der Waals surface area contributed by atoms with Crippen LogP contribution in [-0.4, -0.2) is 32.2 Å². The number of fused-ring (bicyclic) bond motifs is 1. The van der Waals surface area contributed by atoms with E-state index in [1.165, 1.54) is 0 Å². The van der Waals surface area contributed by atoms with E-state index in [4.69, 9.17) is 0 Å². The van der Waals surface area contributed by atoms with Gasteiger partial charge in [0.05, 0.1) is 11.1 Å². The minimum atomic E-state index is -0.702. The van der Waals surface area contributed by atoms with Crippen LogP contribution in [-0.2, 0) is 4.79 Å². The summed E-state index contributed by atoms with van der Waals surface area (Å²) in [5.41, 5.74) is 1.13. The predicted octanol–water partition coefficient (Wildman–Crippen LogP) is 2.48. The first kappa shape index (κ1) is 13.9. The first-order valence-corrected chi connectivity index (χ1v) is 7.39. The molecule has 2 N–H and O–H groups in total. The van der Waals surface area contributed by atoms with Gasteiger partial charge in [0.25, 0.3) is 0 Å². The molecule has 2 heterocycles. The van der Waals surface area contributed by atoms with Crippen LogP contribution in [0.2, 0.25) is 0 Å². The van der Waals surface area contributed by atoms with Gasteiger partial charge < -0.3 is 10.4 Å². The third-order valence-electron chi connectivity index (χ3n) is 4.37. The molecule has 1 saturated carbocycles. The molecular formula is C15H20N4O2. The normalized spacial score (nSPS) is 17.8. The Labute approximate surface area is 123 Å². The third-order valence-corrected chi connectivity index (χ3v) is 4.37. The topological polar surface area (TPSA) is 79.5 Å². The van der Waals surface area contributed by atoms with Crippen molar-refractivity contribution in [2.75, 3.05) is 11.9 Å². The predicted molar refractivity (Wildman–Crippen MR) is 79.4 cm³/mol. The fourth-order valence-corrected chi connectivity index (χ4v) is 3.13. The van der Waals surface area contributed by atoms with Crippen LogP contribution in [0.25, 0.3) is 5.52 Å². The molecule has 3 rings (SSSR count). The molecule has 0 unspecified atom stereocenters. The number of nitrogens with zero attached hydrogens (tertiary/aromatic N) is 3. The van der Waals surface area contributed by atoms with Gasteiger partial charge in [-0.1, -0.05) is 19.3 Å². The minimum absolute atomic E-state index is 0.416. The molecule has 0 bridgehead atoms. The van der Waals surface area contributed by atoms with Gasteiger partial charge in [-0.05, 0) is 25.8 Å². The largest absolute Gasteiger partial charge is 0.481 e. The summed E-state index contributed by atoms with van der Waals surface area (Å²) in [7, 11) is 0. The standard InChI is InChI=1S/C15H20N4O2/c1-11-9-12-13(16-7-8-19(12)18-11)17-10-15(14(20)21)5-3-2-4-6-15/h7-9H,2-6,10H2,1H3,(H,16,17)(H,20,21). The third kappa shape index (κ3) is 2.57. The molecule has 21 heavy (non-hydrogen) atoms. The van der Waals surface area contributed by atoms with Crippen LogP contribution >= 0.6 is 0 Å². The molecule has 6 nitrogen and oxygen atoms in total. The van der Waals surface area contributed by atoms with E-state index in [0.29, 0.717) is 12.4 Å². The Kier molecular flexibility index (Phi) is 3.53. The lowest BCUT2D eigenvalue weighted by molar-refractivity contribution is -0.150. The highest BCUT2D eigenvalue weighted by molar-refractivity contribution is 5.76. The van der Waals surface area contributed by atoms with Crippen LogP contribution in [0.1, 0.15) is 37.8 Å². The van der Waals surface area contributed by atoms with E-state index >= 15 is 0 Å². The molecule has 2 aromatic heterocycles. The molecule has 0 amide bonds. The van der Waals surface area contributed by atoms with E-state index in [-0.39, 0.29) is 0 Å². The maximum Gasteiger partial charge on any atom is 0.311 e. The zero-order valence-electron chi connectivity index (χ0n) is 12.2. The van der Waals surface area contributed by atoms with Crippen LogP contribution in [0, 0.1) is 12.3 Å². The Balaban J connectivity index is 1.83. The number of hydrogen-bond acceptors (Lipinski definition) is 4. The molecule has 6 heteroatoms. The molecule has 0 saturated heterocycles. The van der Waals surface area contributed by atoms with E-state index in [2.05, 4.69) is 15.4 Å². The van der Waals surface area contributed by atoms with Crippen molar-refractivity contribution >= 4 is 17.3 Å². The lowest BCUT2D eigenvalue weighted by Crippen LogP contribution is -2.39. The number of rotatable bonds is 4. The van der Waals surface area contributed by atoms with Gasteiger partial charge in [-0.15, -0.1) is 0 Å². The summed E-state index contributed by atoms with van der Waals surface area (Å²) in [6.07, 6.45) is 8.03. The second kappa shape index (κ2) is 5.35. The quantitative estimate of drug-likeness (QED) is 0.903. The van der Waals surface area contributed by atoms with Crippen molar-refractivity contribution in [3.05, 3.63) is 24.2 Å². The molecule has 0 aliphatic heterocycles. The molecule has 1 aliphatic rings. The number of aryl methyl sites for hydroxylation is 1. The van der Waals surface area contributed by atoms with E-state index in [9.17, 15) is 9.90 Å². The highest BCUT2D eigenvalue weighted by atomic mass is 16.4. The molecule has 112 valence electrons. The van der Waals surface area contributed by atoms with Crippen LogP contribution in [0.15, 0.2) is 18.5 Å². The van der Waals surface area contributed by atoms with Gasteiger partial charge in [-0.2, -0.15) is 5.10 Å². The van der Waals surface area contributed by atoms with Crippen molar-refractivity contribution in [2.24, 2.45) is 5.41 Å². The smallest absolute Gasteiger partial charge is 0.311 e. The second-order valence-corrected chi connectivity index (χ2v) is 5.89. The fraction of sp³-hybridized carbons (Fsp3) is 0.533. The van der Waals surface area contributed by atoms with Gasteiger partial charge in [-0.25, -0.2) is 9.50 Å². The average molecular weight is 288 g/mol. The van der Waals surface area contributed by atoms with E-state index in [1.54, 1.807) is 16.9 Å². The summed E-state index contributed by atoms with van der Waals surface area (Å²) in [5.74, 6) is -0.00404. The Morgan fingerprint density at radius 2 is 2.19 bits per heavy atom. The van der Waals surface area contributed by atoms with Crippen LogP contribution in [0.3, 0.4) is 0 Å². The summed E-state index contributed by atoms with van der Waals surface area (Å²) in [5, 5.41) is 17.2. The average Bonchev–Trinajstić information content (AvgIpc) is 2.86. The summed E-state index contributed by atoms with van der Waals surface area (Å²) < 4.78 is 1.76. The van der Waals surface area contributed by atoms with E-state index in [1.807, 2.05) is 13.0 Å². The summed E-state index contributed by atoms with van der Waals surface area (Å²) in [6.45, 7) is 2.34. The van der Waals surface area contributed by atoms with Gasteiger partial charge in [0.2, 0.25) is 0 Å². The van der Waals surface area contributed by atoms with Crippen molar-refractivity contribution in [1.29, 1.82) is 0 Å². The number of anilines is 1. The van der Waals surface area contributed by atoms with Crippen LogP contribution in [0.4, 0.5) is 5.82 Å². The maximum absolute atomic E-state index is 11.7. The zero-order chi connectivity index (χ0) is 14.9. The van der Waals surface area contributed by atoms with Crippen LogP contribution in [0.5, 0.6) is 0 Å². The SMILES string of the molecule is Cc1cc2c(NCC3(C(=O)O)CCCCC3)nccn2n1. The molecular weight excluding hydrogens is 268 g/mol. The van der Waals surface area contributed by atoms with Gasteiger partial charge >= 0.3 is 5.97 Å². The summed E-state index contributed by atoms with van der Waals surface area (Å²) >= 11 is 0. The van der Waals surface area contributed by atoms with Gasteiger partial charge in [0, 0.05) is 18.9 Å². The number of aromatic nitrogens is 3. The minimum Gasteiger partial charge on any atom is -0.481 e. The Morgan fingerprint density at radius 1 is 1.43 bits per heavy atom. The molecule has 1 aliphatic carbocycles. The number of aliphatic carboxylic acids is 1. The molecule has 0 atom stereocenters. The van der Waals surface area contributed by atoms with Crippen molar-refractivity contribution in [1.82, 2.24) is 14.6 Å². The fourth-order valence-electron chi connectivity index (χ4n) is 3.13. The second-order valence-electron chi connectivity index (χ2n) is 5.89. The zero-order valence-corrected chi connectivity index (χ0v) is 12.2. The monoisotopic (exact) mass is 288 g/mol. The summed E-state index contributed by atoms with van der Waals surface area (Å²) in [4.78, 5) is 16.0. The summed E-state index contributed by atoms with van der Waals surface area (Å²) in [6, 6.07) is 1.95. The van der Waals surface area contributed by atoms with Crippen molar-refractivity contribution in [3.63, 3.8) is 0 Å². The first-order chi connectivity index (χ1) is 10.1. The van der Waals surface area contributed by atoms with Gasteiger partial charge in [0.15, 0.2) is 5.82 Å². The number of carboxylic acid groups (broad SMARTS) is 1. The number of carbonyl (C=O) groups is 1.